The van der Waals surface area contributed by atoms with Crippen molar-refractivity contribution in [1.29, 1.82) is 0 Å². The number of nitrogens with zero attached hydrogens (tertiary/aromatic N) is 2. The number of hydrogen-bond donors (Lipinski definition) is 1. The summed E-state index contributed by atoms with van der Waals surface area (Å²) >= 11 is 0. The third-order valence-electron chi connectivity index (χ3n) is 3.40. The van der Waals surface area contributed by atoms with E-state index >= 15 is 0 Å². The number of aromatic nitrogens is 1. The van der Waals surface area contributed by atoms with Crippen LogP contribution in [0.2, 0.25) is 0 Å². The summed E-state index contributed by atoms with van der Waals surface area (Å²) < 4.78 is 28.7. The van der Waals surface area contributed by atoms with Crippen LogP contribution in [-0.4, -0.2) is 30.8 Å². The van der Waals surface area contributed by atoms with E-state index in [2.05, 4.69) is 9.71 Å². The van der Waals surface area contributed by atoms with E-state index < -0.39 is 10.2 Å². The number of rotatable bonds is 5. The van der Waals surface area contributed by atoms with Crippen molar-refractivity contribution in [3.05, 3.63) is 29.6 Å². The van der Waals surface area contributed by atoms with Crippen LogP contribution in [0.1, 0.15) is 43.5 Å². The zero-order valence-corrected chi connectivity index (χ0v) is 12.3. The maximum Gasteiger partial charge on any atom is 0.280 e. The molecule has 0 saturated carbocycles. The first-order valence-electron chi connectivity index (χ1n) is 6.73. The van der Waals surface area contributed by atoms with Gasteiger partial charge in [-0.1, -0.05) is 13.0 Å². The second-order valence-electron chi connectivity index (χ2n) is 4.95. The van der Waals surface area contributed by atoms with Gasteiger partial charge in [0.05, 0.1) is 11.7 Å². The second kappa shape index (κ2) is 5.98. The SMILES string of the molecule is CC[C@H](NS(=O)(=O)N1CCCC1)c1ccc(C)cn1. The predicted octanol–water partition coefficient (Wildman–Crippen LogP) is 1.77. The van der Waals surface area contributed by atoms with Crippen molar-refractivity contribution in [2.45, 2.75) is 39.2 Å². The molecule has 1 atom stereocenters. The molecule has 1 fully saturated rings. The van der Waals surface area contributed by atoms with Crippen molar-refractivity contribution in [2.24, 2.45) is 0 Å². The summed E-state index contributed by atoms with van der Waals surface area (Å²) in [5.41, 5.74) is 1.84. The molecule has 0 aromatic carbocycles. The van der Waals surface area contributed by atoms with E-state index in [4.69, 9.17) is 0 Å². The minimum Gasteiger partial charge on any atom is -0.259 e. The van der Waals surface area contributed by atoms with Crippen LogP contribution in [0.25, 0.3) is 0 Å². The van der Waals surface area contributed by atoms with Crippen molar-refractivity contribution in [3.8, 4) is 0 Å². The highest BCUT2D eigenvalue weighted by Gasteiger charge is 2.28. The van der Waals surface area contributed by atoms with E-state index in [9.17, 15) is 8.42 Å². The molecule has 1 aromatic rings. The summed E-state index contributed by atoms with van der Waals surface area (Å²) in [7, 11) is -3.39. The van der Waals surface area contributed by atoms with E-state index in [1.807, 2.05) is 26.0 Å². The van der Waals surface area contributed by atoms with Gasteiger partial charge in [0.15, 0.2) is 0 Å². The first kappa shape index (κ1) is 14.4. The molecule has 0 aliphatic carbocycles. The first-order valence-corrected chi connectivity index (χ1v) is 8.17. The van der Waals surface area contributed by atoms with E-state index in [1.54, 1.807) is 6.20 Å². The Balaban J connectivity index is 2.12. The van der Waals surface area contributed by atoms with Gasteiger partial charge in [0.2, 0.25) is 0 Å². The molecule has 2 heterocycles. The van der Waals surface area contributed by atoms with Crippen LogP contribution in [0, 0.1) is 6.92 Å². The molecule has 1 aliphatic rings. The Bertz CT molecular complexity index is 507. The van der Waals surface area contributed by atoms with E-state index in [0.29, 0.717) is 19.5 Å². The van der Waals surface area contributed by atoms with Crippen molar-refractivity contribution < 1.29 is 8.42 Å². The van der Waals surface area contributed by atoms with Gasteiger partial charge in [0.1, 0.15) is 0 Å². The molecule has 0 bridgehead atoms. The highest BCUT2D eigenvalue weighted by atomic mass is 32.2. The summed E-state index contributed by atoms with van der Waals surface area (Å²) in [6.45, 7) is 5.16. The van der Waals surface area contributed by atoms with Gasteiger partial charge >= 0.3 is 0 Å². The third-order valence-corrected chi connectivity index (χ3v) is 5.02. The first-order chi connectivity index (χ1) is 9.03. The second-order valence-corrected chi connectivity index (χ2v) is 6.65. The van der Waals surface area contributed by atoms with Crippen LogP contribution in [0.15, 0.2) is 18.3 Å². The molecule has 1 aromatic heterocycles. The van der Waals surface area contributed by atoms with Crippen molar-refractivity contribution in [2.75, 3.05) is 13.1 Å². The van der Waals surface area contributed by atoms with Crippen LogP contribution >= 0.6 is 0 Å². The summed E-state index contributed by atoms with van der Waals surface area (Å²) in [6, 6.07) is 3.58. The molecule has 0 radical (unpaired) electrons. The normalized spacial score (nSPS) is 18.6. The van der Waals surface area contributed by atoms with Gasteiger partial charge < -0.3 is 0 Å². The van der Waals surface area contributed by atoms with E-state index in [1.165, 1.54) is 4.31 Å². The average molecular weight is 283 g/mol. The Hall–Kier alpha value is -0.980. The zero-order chi connectivity index (χ0) is 13.9. The van der Waals surface area contributed by atoms with Gasteiger partial charge in [-0.2, -0.15) is 17.4 Å². The van der Waals surface area contributed by atoms with E-state index in [0.717, 1.165) is 24.1 Å². The molecule has 1 saturated heterocycles. The fourth-order valence-electron chi connectivity index (χ4n) is 2.22. The Morgan fingerprint density at radius 2 is 2.05 bits per heavy atom. The monoisotopic (exact) mass is 283 g/mol. The Morgan fingerprint density at radius 3 is 2.58 bits per heavy atom. The minimum atomic E-state index is -3.39. The molecule has 6 heteroatoms. The fraction of sp³-hybridized carbons (Fsp3) is 0.615. The molecule has 19 heavy (non-hydrogen) atoms. The van der Waals surface area contributed by atoms with Crippen molar-refractivity contribution in [3.63, 3.8) is 0 Å². The lowest BCUT2D eigenvalue weighted by Gasteiger charge is -2.21. The molecule has 1 aliphatic heterocycles. The zero-order valence-electron chi connectivity index (χ0n) is 11.5. The van der Waals surface area contributed by atoms with Crippen molar-refractivity contribution in [1.82, 2.24) is 14.0 Å². The smallest absolute Gasteiger partial charge is 0.259 e. The summed E-state index contributed by atoms with van der Waals surface area (Å²) in [5.74, 6) is 0. The lowest BCUT2D eigenvalue weighted by molar-refractivity contribution is 0.449. The average Bonchev–Trinajstić information content (AvgIpc) is 2.92. The Morgan fingerprint density at radius 1 is 1.37 bits per heavy atom. The third kappa shape index (κ3) is 3.52. The number of nitrogens with one attached hydrogen (secondary N) is 1. The molecule has 2 rings (SSSR count). The Labute approximate surface area is 115 Å². The number of pyridine rings is 1. The largest absolute Gasteiger partial charge is 0.280 e. The Kier molecular flexibility index (Phi) is 4.54. The van der Waals surface area contributed by atoms with Gasteiger partial charge in [0, 0.05) is 19.3 Å². The number of aryl methyl sites for hydroxylation is 1. The summed E-state index contributed by atoms with van der Waals surface area (Å²) in [6.07, 6.45) is 4.34. The van der Waals surface area contributed by atoms with Gasteiger partial charge in [-0.05, 0) is 37.8 Å². The highest BCUT2D eigenvalue weighted by molar-refractivity contribution is 7.87. The number of hydrogen-bond acceptors (Lipinski definition) is 3. The summed E-state index contributed by atoms with van der Waals surface area (Å²) in [5, 5.41) is 0. The standard InChI is InChI=1S/C13H21N3O2S/c1-3-12(13-7-6-11(2)10-14-13)15-19(17,18)16-8-4-5-9-16/h6-7,10,12,15H,3-5,8-9H2,1-2H3/t12-/m0/s1. The fourth-order valence-corrected chi connectivity index (χ4v) is 3.76. The molecule has 1 N–H and O–H groups in total. The quantitative estimate of drug-likeness (QED) is 0.896. The topological polar surface area (TPSA) is 62.3 Å². The van der Waals surface area contributed by atoms with Gasteiger partial charge in [-0.15, -0.1) is 0 Å². The minimum absolute atomic E-state index is 0.258. The van der Waals surface area contributed by atoms with Crippen LogP contribution in [0.3, 0.4) is 0 Å². The molecule has 5 nitrogen and oxygen atoms in total. The maximum atomic E-state index is 12.2. The molecule has 0 spiro atoms. The van der Waals surface area contributed by atoms with E-state index in [-0.39, 0.29) is 6.04 Å². The van der Waals surface area contributed by atoms with Crippen LogP contribution in [-0.2, 0) is 10.2 Å². The predicted molar refractivity (Wildman–Crippen MR) is 74.9 cm³/mol. The lowest BCUT2D eigenvalue weighted by Crippen LogP contribution is -2.40. The lowest BCUT2D eigenvalue weighted by atomic mass is 10.1. The summed E-state index contributed by atoms with van der Waals surface area (Å²) in [4.78, 5) is 4.31. The van der Waals surface area contributed by atoms with Crippen LogP contribution in [0.4, 0.5) is 0 Å². The molecule has 106 valence electrons. The maximum absolute atomic E-state index is 12.2. The van der Waals surface area contributed by atoms with Crippen molar-refractivity contribution >= 4 is 10.2 Å². The van der Waals surface area contributed by atoms with Crippen LogP contribution in [0.5, 0.6) is 0 Å². The van der Waals surface area contributed by atoms with Gasteiger partial charge in [-0.25, -0.2) is 0 Å². The van der Waals surface area contributed by atoms with Gasteiger partial charge in [0.25, 0.3) is 10.2 Å². The molecular formula is C13H21N3O2S. The highest BCUT2D eigenvalue weighted by Crippen LogP contribution is 2.19. The van der Waals surface area contributed by atoms with Crippen LogP contribution < -0.4 is 4.72 Å². The molecule has 0 amide bonds. The molecular weight excluding hydrogens is 262 g/mol. The molecule has 0 unspecified atom stereocenters. The van der Waals surface area contributed by atoms with Gasteiger partial charge in [-0.3, -0.25) is 4.98 Å².